The van der Waals surface area contributed by atoms with Gasteiger partial charge in [-0.05, 0) is 23.6 Å². The molecule has 0 spiro atoms. The minimum atomic E-state index is -1.75. The second kappa shape index (κ2) is 8.08. The molecule has 1 aliphatic rings. The van der Waals surface area contributed by atoms with Crippen molar-refractivity contribution >= 4 is 33.9 Å². The average Bonchev–Trinajstić information content (AvgIpc) is 3.39. The molecule has 0 N–H and O–H groups in total. The molecule has 0 saturated carbocycles. The van der Waals surface area contributed by atoms with Gasteiger partial charge in [-0.25, -0.2) is 4.21 Å². The lowest BCUT2D eigenvalue weighted by Crippen LogP contribution is -2.45. The summed E-state index contributed by atoms with van der Waals surface area (Å²) in [6, 6.07) is 21.8. The summed E-state index contributed by atoms with van der Waals surface area (Å²) in [5.74, 6) is 0.274. The molecule has 1 aromatic heterocycles. The second-order valence-electron chi connectivity index (χ2n) is 6.31. The zero-order valence-corrected chi connectivity index (χ0v) is 16.4. The molecule has 0 amide bonds. The predicted molar refractivity (Wildman–Crippen MR) is 110 cm³/mol. The van der Waals surface area contributed by atoms with Gasteiger partial charge in [-0.3, -0.25) is 4.79 Å². The van der Waals surface area contributed by atoms with E-state index >= 15 is 0 Å². The van der Waals surface area contributed by atoms with Crippen molar-refractivity contribution in [2.45, 2.75) is 0 Å². The van der Waals surface area contributed by atoms with Crippen LogP contribution in [0.15, 0.2) is 83.3 Å². The SMILES string of the molecule is O=C(c1cccs1)C1(CS(=O)Oc2ccccc2)CON=C1c1ccccc1. The fourth-order valence-electron chi connectivity index (χ4n) is 3.09. The smallest absolute Gasteiger partial charge is 0.208 e. The first kappa shape index (κ1) is 18.6. The number of benzene rings is 2. The Balaban J connectivity index is 1.69. The van der Waals surface area contributed by atoms with Crippen molar-refractivity contribution < 1.29 is 18.0 Å². The maximum Gasteiger partial charge on any atom is 0.208 e. The molecule has 28 heavy (non-hydrogen) atoms. The van der Waals surface area contributed by atoms with Crippen LogP contribution >= 0.6 is 11.3 Å². The molecule has 0 radical (unpaired) electrons. The molecule has 2 unspecified atom stereocenters. The van der Waals surface area contributed by atoms with E-state index in [-0.39, 0.29) is 18.1 Å². The van der Waals surface area contributed by atoms with E-state index in [2.05, 4.69) is 5.16 Å². The van der Waals surface area contributed by atoms with Gasteiger partial charge in [-0.15, -0.1) is 11.3 Å². The van der Waals surface area contributed by atoms with Crippen LogP contribution in [0, 0.1) is 5.41 Å². The summed E-state index contributed by atoms with van der Waals surface area (Å²) in [6.07, 6.45) is 0. The molecule has 1 aliphatic heterocycles. The standard InChI is InChI=1S/C21H17NO4S2/c23-20(18-12-7-13-27-18)21(15-28(24)26-17-10-5-2-6-11-17)14-25-22-19(21)16-8-3-1-4-9-16/h1-13H,14-15H2. The van der Waals surface area contributed by atoms with Crippen LogP contribution in [0.5, 0.6) is 5.75 Å². The van der Waals surface area contributed by atoms with Crippen LogP contribution in [-0.2, 0) is 15.9 Å². The number of rotatable bonds is 7. The largest absolute Gasteiger partial charge is 0.401 e. The normalized spacial score (nSPS) is 19.5. The Hall–Kier alpha value is -2.77. The van der Waals surface area contributed by atoms with E-state index in [0.717, 1.165) is 5.56 Å². The third-order valence-electron chi connectivity index (χ3n) is 4.44. The van der Waals surface area contributed by atoms with E-state index in [4.69, 9.17) is 9.02 Å². The minimum absolute atomic E-state index is 0.0256. The summed E-state index contributed by atoms with van der Waals surface area (Å²) >= 11 is -0.409. The second-order valence-corrected chi connectivity index (χ2v) is 8.32. The van der Waals surface area contributed by atoms with Gasteiger partial charge < -0.3 is 9.02 Å². The van der Waals surface area contributed by atoms with Crippen LogP contribution in [0.3, 0.4) is 0 Å². The molecule has 0 bridgehead atoms. The molecule has 5 nitrogen and oxygen atoms in total. The Kier molecular flexibility index (Phi) is 5.36. The lowest BCUT2D eigenvalue weighted by molar-refractivity contribution is 0.0769. The Morgan fingerprint density at radius 1 is 1.07 bits per heavy atom. The highest BCUT2D eigenvalue weighted by Crippen LogP contribution is 2.36. The number of hydrogen-bond acceptors (Lipinski definition) is 6. The molecule has 3 aromatic rings. The third-order valence-corrected chi connectivity index (χ3v) is 6.42. The Morgan fingerprint density at radius 3 is 2.46 bits per heavy atom. The molecule has 0 fully saturated rings. The van der Waals surface area contributed by atoms with E-state index in [1.54, 1.807) is 30.3 Å². The van der Waals surface area contributed by atoms with Gasteiger partial charge in [0, 0.05) is 5.56 Å². The molecule has 2 heterocycles. The van der Waals surface area contributed by atoms with Gasteiger partial charge in [-0.1, -0.05) is 59.8 Å². The summed E-state index contributed by atoms with van der Waals surface area (Å²) < 4.78 is 18.4. The van der Waals surface area contributed by atoms with Gasteiger partial charge in [0.05, 0.1) is 10.6 Å². The first-order valence-corrected chi connectivity index (χ1v) is 10.8. The fraction of sp³-hybridized carbons (Fsp3) is 0.143. The molecular weight excluding hydrogens is 394 g/mol. The van der Waals surface area contributed by atoms with E-state index in [1.807, 2.05) is 47.8 Å². The highest BCUT2D eigenvalue weighted by atomic mass is 32.2. The van der Waals surface area contributed by atoms with E-state index in [0.29, 0.717) is 16.3 Å². The van der Waals surface area contributed by atoms with Crippen LogP contribution in [-0.4, -0.2) is 28.1 Å². The van der Waals surface area contributed by atoms with Crippen molar-refractivity contribution in [1.29, 1.82) is 0 Å². The molecule has 2 aromatic carbocycles. The number of ketones is 1. The van der Waals surface area contributed by atoms with Crippen molar-refractivity contribution in [2.75, 3.05) is 12.4 Å². The highest BCUT2D eigenvalue weighted by molar-refractivity contribution is 7.80. The predicted octanol–water partition coefficient (Wildman–Crippen LogP) is 4.09. The van der Waals surface area contributed by atoms with Crippen LogP contribution in [0.25, 0.3) is 0 Å². The molecule has 7 heteroatoms. The molecule has 2 atom stereocenters. The maximum absolute atomic E-state index is 13.5. The molecule has 142 valence electrons. The fourth-order valence-corrected chi connectivity index (χ4v) is 5.00. The average molecular weight is 412 g/mol. The monoisotopic (exact) mass is 411 g/mol. The number of para-hydroxylation sites is 1. The number of oxime groups is 1. The van der Waals surface area contributed by atoms with Gasteiger partial charge in [0.15, 0.2) is 5.78 Å². The van der Waals surface area contributed by atoms with Gasteiger partial charge >= 0.3 is 0 Å². The van der Waals surface area contributed by atoms with Crippen molar-refractivity contribution in [2.24, 2.45) is 10.6 Å². The number of nitrogens with zero attached hydrogens (tertiary/aromatic N) is 1. The molecule has 4 rings (SSSR count). The van der Waals surface area contributed by atoms with Crippen LogP contribution < -0.4 is 4.18 Å². The van der Waals surface area contributed by atoms with E-state index in [1.165, 1.54) is 11.3 Å². The molecule has 0 saturated heterocycles. The van der Waals surface area contributed by atoms with Crippen LogP contribution in [0.4, 0.5) is 0 Å². The summed E-state index contributed by atoms with van der Waals surface area (Å²) in [6.45, 7) is 0.0256. The van der Waals surface area contributed by atoms with Crippen molar-refractivity contribution in [3.8, 4) is 5.75 Å². The quantitative estimate of drug-likeness (QED) is 0.549. The van der Waals surface area contributed by atoms with Crippen molar-refractivity contribution in [1.82, 2.24) is 0 Å². The minimum Gasteiger partial charge on any atom is -0.401 e. The number of carbonyl (C=O) groups excluding carboxylic acids is 1. The van der Waals surface area contributed by atoms with Gasteiger partial charge in [-0.2, -0.15) is 0 Å². The zero-order valence-electron chi connectivity index (χ0n) is 14.8. The Labute approximate surface area is 169 Å². The summed E-state index contributed by atoms with van der Waals surface area (Å²) in [5, 5.41) is 6.00. The maximum atomic E-state index is 13.5. The number of carbonyl (C=O) groups is 1. The highest BCUT2D eigenvalue weighted by Gasteiger charge is 2.51. The lowest BCUT2D eigenvalue weighted by atomic mass is 9.78. The van der Waals surface area contributed by atoms with Gasteiger partial charge in [0.2, 0.25) is 11.1 Å². The first-order valence-electron chi connectivity index (χ1n) is 8.65. The van der Waals surface area contributed by atoms with Gasteiger partial charge in [0.1, 0.15) is 23.5 Å². The van der Waals surface area contributed by atoms with Gasteiger partial charge in [0.25, 0.3) is 0 Å². The van der Waals surface area contributed by atoms with Crippen LogP contribution in [0.2, 0.25) is 0 Å². The topological polar surface area (TPSA) is 65.0 Å². The number of Topliss-reactive ketones (excluding diaryl/α,β-unsaturated/α-hetero) is 1. The summed E-state index contributed by atoms with van der Waals surface area (Å²) in [4.78, 5) is 19.4. The van der Waals surface area contributed by atoms with E-state index in [9.17, 15) is 9.00 Å². The van der Waals surface area contributed by atoms with Crippen molar-refractivity contribution in [3.63, 3.8) is 0 Å². The Morgan fingerprint density at radius 2 is 1.79 bits per heavy atom. The lowest BCUT2D eigenvalue weighted by Gasteiger charge is -2.25. The van der Waals surface area contributed by atoms with E-state index < -0.39 is 16.5 Å². The molecular formula is C21H17NO4S2. The first-order chi connectivity index (χ1) is 13.7. The number of thiophene rings is 1. The summed E-state index contributed by atoms with van der Waals surface area (Å²) in [5.41, 5.74) is 0.0735. The van der Waals surface area contributed by atoms with Crippen LogP contribution in [0.1, 0.15) is 15.2 Å². The third kappa shape index (κ3) is 3.63. The molecule has 0 aliphatic carbocycles. The summed E-state index contributed by atoms with van der Waals surface area (Å²) in [7, 11) is 0. The number of hydrogen-bond donors (Lipinski definition) is 0. The Bertz CT molecular complexity index is 1000. The zero-order chi connectivity index (χ0) is 19.4. The van der Waals surface area contributed by atoms with Crippen molar-refractivity contribution in [3.05, 3.63) is 88.6 Å².